The SMILES string of the molecule is CCCc1cc(C(N)=O)nc2c(-c3ccccc3)c(C)nn12. The second-order valence-corrected chi connectivity index (χ2v) is 5.31. The molecule has 5 heteroatoms. The number of hydrogen-bond donors (Lipinski definition) is 1. The van der Waals surface area contributed by atoms with Crippen molar-refractivity contribution < 1.29 is 4.79 Å². The largest absolute Gasteiger partial charge is 0.364 e. The van der Waals surface area contributed by atoms with Gasteiger partial charge in [0.15, 0.2) is 5.65 Å². The number of amides is 1. The summed E-state index contributed by atoms with van der Waals surface area (Å²) < 4.78 is 1.83. The first-order valence-electron chi connectivity index (χ1n) is 7.36. The monoisotopic (exact) mass is 294 g/mol. The Bertz CT molecular complexity index is 837. The molecule has 0 saturated carbocycles. The zero-order valence-corrected chi connectivity index (χ0v) is 12.7. The molecule has 2 heterocycles. The van der Waals surface area contributed by atoms with E-state index in [0.717, 1.165) is 35.4 Å². The Labute approximate surface area is 128 Å². The van der Waals surface area contributed by atoms with E-state index in [4.69, 9.17) is 5.73 Å². The van der Waals surface area contributed by atoms with Gasteiger partial charge in [-0.2, -0.15) is 5.10 Å². The third-order valence-corrected chi connectivity index (χ3v) is 3.66. The number of aromatic nitrogens is 3. The second kappa shape index (κ2) is 5.60. The molecule has 0 aliphatic carbocycles. The summed E-state index contributed by atoms with van der Waals surface area (Å²) in [6, 6.07) is 11.7. The minimum atomic E-state index is -0.516. The highest BCUT2D eigenvalue weighted by molar-refractivity contribution is 5.92. The maximum absolute atomic E-state index is 11.6. The van der Waals surface area contributed by atoms with Crippen LogP contribution in [0.1, 0.15) is 35.2 Å². The van der Waals surface area contributed by atoms with Crippen LogP contribution < -0.4 is 5.73 Å². The summed E-state index contributed by atoms with van der Waals surface area (Å²) >= 11 is 0. The Morgan fingerprint density at radius 2 is 2.00 bits per heavy atom. The number of nitrogens with zero attached hydrogens (tertiary/aromatic N) is 3. The van der Waals surface area contributed by atoms with Gasteiger partial charge in [0.05, 0.1) is 5.69 Å². The van der Waals surface area contributed by atoms with Crippen molar-refractivity contribution in [2.75, 3.05) is 0 Å². The molecule has 0 bridgehead atoms. The van der Waals surface area contributed by atoms with Crippen molar-refractivity contribution in [3.05, 3.63) is 53.5 Å². The number of carbonyl (C=O) groups is 1. The fraction of sp³-hybridized carbons (Fsp3) is 0.235. The first-order chi connectivity index (χ1) is 10.6. The molecule has 1 aromatic carbocycles. The van der Waals surface area contributed by atoms with Gasteiger partial charge in [-0.25, -0.2) is 9.50 Å². The van der Waals surface area contributed by atoms with Crippen LogP contribution in [-0.2, 0) is 6.42 Å². The molecule has 0 saturated heterocycles. The van der Waals surface area contributed by atoms with Gasteiger partial charge in [0.25, 0.3) is 5.91 Å². The standard InChI is InChI=1S/C17H18N4O/c1-3-7-13-10-14(16(18)22)19-17-15(11(2)20-21(13)17)12-8-5-4-6-9-12/h4-6,8-10H,3,7H2,1-2H3,(H2,18,22). The van der Waals surface area contributed by atoms with Crippen molar-refractivity contribution in [1.29, 1.82) is 0 Å². The average Bonchev–Trinajstić information content (AvgIpc) is 2.84. The van der Waals surface area contributed by atoms with Gasteiger partial charge in [0.2, 0.25) is 0 Å². The van der Waals surface area contributed by atoms with Crippen molar-refractivity contribution in [2.24, 2.45) is 5.73 Å². The maximum Gasteiger partial charge on any atom is 0.267 e. The van der Waals surface area contributed by atoms with Gasteiger partial charge in [0, 0.05) is 11.3 Å². The lowest BCUT2D eigenvalue weighted by atomic mass is 10.1. The molecule has 0 aliphatic rings. The van der Waals surface area contributed by atoms with Gasteiger partial charge < -0.3 is 5.73 Å². The fourth-order valence-corrected chi connectivity index (χ4v) is 2.69. The Morgan fingerprint density at radius 1 is 1.27 bits per heavy atom. The van der Waals surface area contributed by atoms with Gasteiger partial charge in [-0.1, -0.05) is 43.7 Å². The van der Waals surface area contributed by atoms with Crippen LogP contribution in [-0.4, -0.2) is 20.5 Å². The average molecular weight is 294 g/mol. The summed E-state index contributed by atoms with van der Waals surface area (Å²) in [5.74, 6) is -0.516. The van der Waals surface area contributed by atoms with E-state index in [0.29, 0.717) is 5.65 Å². The molecule has 22 heavy (non-hydrogen) atoms. The quantitative estimate of drug-likeness (QED) is 0.804. The highest BCUT2D eigenvalue weighted by Crippen LogP contribution is 2.28. The molecule has 3 aromatic rings. The predicted octanol–water partition coefficient (Wildman–Crippen LogP) is 2.76. The molecular weight excluding hydrogens is 276 g/mol. The Kier molecular flexibility index (Phi) is 3.63. The highest BCUT2D eigenvalue weighted by Gasteiger charge is 2.17. The molecule has 1 amide bonds. The first-order valence-corrected chi connectivity index (χ1v) is 7.36. The van der Waals surface area contributed by atoms with Gasteiger partial charge in [-0.05, 0) is 25.0 Å². The number of carbonyl (C=O) groups excluding carboxylic acids is 1. The molecule has 0 unspecified atom stereocenters. The van der Waals surface area contributed by atoms with Crippen LogP contribution in [0.5, 0.6) is 0 Å². The summed E-state index contributed by atoms with van der Waals surface area (Å²) in [6.07, 6.45) is 1.77. The molecule has 2 aromatic heterocycles. The molecule has 3 rings (SSSR count). The van der Waals surface area contributed by atoms with E-state index in [1.165, 1.54) is 0 Å². The summed E-state index contributed by atoms with van der Waals surface area (Å²) in [4.78, 5) is 16.0. The van der Waals surface area contributed by atoms with E-state index >= 15 is 0 Å². The van der Waals surface area contributed by atoms with Crippen molar-refractivity contribution in [1.82, 2.24) is 14.6 Å². The number of benzene rings is 1. The Morgan fingerprint density at radius 3 is 2.64 bits per heavy atom. The topological polar surface area (TPSA) is 73.3 Å². The summed E-state index contributed by atoms with van der Waals surface area (Å²) in [6.45, 7) is 4.04. The molecule has 0 aliphatic heterocycles. The third kappa shape index (κ3) is 2.35. The molecular formula is C17H18N4O. The smallest absolute Gasteiger partial charge is 0.267 e. The minimum absolute atomic E-state index is 0.285. The van der Waals surface area contributed by atoms with Gasteiger partial charge in [-0.15, -0.1) is 0 Å². The van der Waals surface area contributed by atoms with Crippen LogP contribution in [0.2, 0.25) is 0 Å². The molecule has 112 valence electrons. The van der Waals surface area contributed by atoms with E-state index < -0.39 is 5.91 Å². The lowest BCUT2D eigenvalue weighted by Gasteiger charge is -2.06. The van der Waals surface area contributed by atoms with E-state index in [1.807, 2.05) is 41.8 Å². The van der Waals surface area contributed by atoms with Gasteiger partial charge in [0.1, 0.15) is 5.69 Å². The summed E-state index contributed by atoms with van der Waals surface area (Å²) in [7, 11) is 0. The molecule has 0 atom stereocenters. The number of primary amides is 1. The highest BCUT2D eigenvalue weighted by atomic mass is 16.1. The minimum Gasteiger partial charge on any atom is -0.364 e. The zero-order valence-electron chi connectivity index (χ0n) is 12.7. The van der Waals surface area contributed by atoms with Crippen LogP contribution in [0.3, 0.4) is 0 Å². The van der Waals surface area contributed by atoms with Crippen LogP contribution >= 0.6 is 0 Å². The lowest BCUT2D eigenvalue weighted by molar-refractivity contribution is 0.0995. The van der Waals surface area contributed by atoms with Crippen molar-refractivity contribution in [3.63, 3.8) is 0 Å². The molecule has 0 fully saturated rings. The summed E-state index contributed by atoms with van der Waals surface area (Å²) in [5, 5.41) is 4.61. The zero-order chi connectivity index (χ0) is 15.7. The predicted molar refractivity (Wildman–Crippen MR) is 85.7 cm³/mol. The first kappa shape index (κ1) is 14.3. The Balaban J connectivity index is 2.34. The maximum atomic E-state index is 11.6. The number of rotatable bonds is 4. The van der Waals surface area contributed by atoms with Crippen LogP contribution in [0.15, 0.2) is 36.4 Å². The van der Waals surface area contributed by atoms with E-state index in [1.54, 1.807) is 6.07 Å². The lowest BCUT2D eigenvalue weighted by Crippen LogP contribution is -2.15. The third-order valence-electron chi connectivity index (χ3n) is 3.66. The molecule has 0 spiro atoms. The van der Waals surface area contributed by atoms with E-state index in [2.05, 4.69) is 17.0 Å². The van der Waals surface area contributed by atoms with Crippen molar-refractivity contribution in [3.8, 4) is 11.1 Å². The number of aryl methyl sites for hydroxylation is 2. The van der Waals surface area contributed by atoms with Crippen LogP contribution in [0.25, 0.3) is 16.8 Å². The summed E-state index contributed by atoms with van der Waals surface area (Å²) in [5.41, 5.74) is 10.2. The van der Waals surface area contributed by atoms with E-state index in [-0.39, 0.29) is 5.69 Å². The van der Waals surface area contributed by atoms with Crippen LogP contribution in [0.4, 0.5) is 0 Å². The fourth-order valence-electron chi connectivity index (χ4n) is 2.69. The number of nitrogens with two attached hydrogens (primary N) is 1. The van der Waals surface area contributed by atoms with Gasteiger partial charge in [-0.3, -0.25) is 4.79 Å². The normalized spacial score (nSPS) is 11.0. The van der Waals surface area contributed by atoms with E-state index in [9.17, 15) is 4.79 Å². The molecule has 0 radical (unpaired) electrons. The van der Waals surface area contributed by atoms with Crippen molar-refractivity contribution in [2.45, 2.75) is 26.7 Å². The number of fused-ring (bicyclic) bond motifs is 1. The van der Waals surface area contributed by atoms with Crippen molar-refractivity contribution >= 4 is 11.6 Å². The van der Waals surface area contributed by atoms with Crippen LogP contribution in [0, 0.1) is 6.92 Å². The molecule has 5 nitrogen and oxygen atoms in total. The van der Waals surface area contributed by atoms with Gasteiger partial charge >= 0.3 is 0 Å². The number of hydrogen-bond acceptors (Lipinski definition) is 3. The molecule has 2 N–H and O–H groups in total. The Hall–Kier alpha value is -2.69. The second-order valence-electron chi connectivity index (χ2n) is 5.31.